The van der Waals surface area contributed by atoms with E-state index in [4.69, 9.17) is 16.1 Å². The molecule has 1 N–H and O–H groups in total. The molecule has 2 unspecified atom stereocenters. The third-order valence-corrected chi connectivity index (χ3v) is 7.75. The van der Waals surface area contributed by atoms with E-state index in [1.807, 2.05) is 24.3 Å². The van der Waals surface area contributed by atoms with Gasteiger partial charge in [0.15, 0.2) is 0 Å². The maximum atomic E-state index is 13.0. The fraction of sp³-hybridized carbons (Fsp3) is 0.483. The summed E-state index contributed by atoms with van der Waals surface area (Å²) in [4.78, 5) is 22.3. The van der Waals surface area contributed by atoms with Crippen LogP contribution in [0.4, 0.5) is 0 Å². The Kier molecular flexibility index (Phi) is 8.54. The van der Waals surface area contributed by atoms with Crippen LogP contribution in [-0.2, 0) is 24.4 Å². The van der Waals surface area contributed by atoms with Crippen molar-refractivity contribution < 1.29 is 9.32 Å². The van der Waals surface area contributed by atoms with Crippen molar-refractivity contribution in [1.82, 2.24) is 25.3 Å². The summed E-state index contributed by atoms with van der Waals surface area (Å²) in [5, 5.41) is 7.87. The van der Waals surface area contributed by atoms with Crippen molar-refractivity contribution in [3.8, 4) is 11.4 Å². The average Bonchev–Trinajstić information content (AvgIpc) is 3.36. The van der Waals surface area contributed by atoms with Crippen molar-refractivity contribution in [1.29, 1.82) is 0 Å². The molecule has 2 aromatic carbocycles. The molecule has 2 aliphatic heterocycles. The number of nitrogens with zero attached hydrogens (tertiary/aromatic N) is 4. The second kappa shape index (κ2) is 12.2. The van der Waals surface area contributed by atoms with Crippen LogP contribution in [0.2, 0.25) is 5.02 Å². The molecule has 5 rings (SSSR count). The van der Waals surface area contributed by atoms with Crippen LogP contribution in [0.5, 0.6) is 0 Å². The van der Waals surface area contributed by atoms with Gasteiger partial charge in [-0.15, -0.1) is 0 Å². The minimum absolute atomic E-state index is 0.0438. The van der Waals surface area contributed by atoms with E-state index in [1.165, 1.54) is 31.5 Å². The highest BCUT2D eigenvalue weighted by molar-refractivity contribution is 6.33. The molecule has 3 heterocycles. The summed E-state index contributed by atoms with van der Waals surface area (Å²) in [6.45, 7) is 8.34. The van der Waals surface area contributed by atoms with Gasteiger partial charge in [0, 0.05) is 31.7 Å². The third-order valence-electron chi connectivity index (χ3n) is 7.42. The zero-order valence-electron chi connectivity index (χ0n) is 21.5. The normalized spacial score (nSPS) is 21.1. The number of nitrogens with one attached hydrogen (secondary N) is 1. The van der Waals surface area contributed by atoms with Gasteiger partial charge >= 0.3 is 0 Å². The molecule has 8 heteroatoms. The van der Waals surface area contributed by atoms with E-state index in [0.29, 0.717) is 36.4 Å². The first kappa shape index (κ1) is 25.9. The smallest absolute Gasteiger partial charge is 0.241 e. The van der Waals surface area contributed by atoms with Crippen molar-refractivity contribution >= 4 is 17.5 Å². The second-order valence-electron chi connectivity index (χ2n) is 10.6. The topological polar surface area (TPSA) is 74.5 Å². The number of hydrogen-bond donors (Lipinski definition) is 1. The highest BCUT2D eigenvalue weighted by Crippen LogP contribution is 2.26. The summed E-state index contributed by atoms with van der Waals surface area (Å²) in [7, 11) is 0. The quantitative estimate of drug-likeness (QED) is 0.442. The molecule has 7 nitrogen and oxygen atoms in total. The van der Waals surface area contributed by atoms with E-state index in [1.54, 1.807) is 0 Å². The first-order chi connectivity index (χ1) is 18.0. The highest BCUT2D eigenvalue weighted by atomic mass is 35.5. The Morgan fingerprint density at radius 2 is 1.81 bits per heavy atom. The summed E-state index contributed by atoms with van der Waals surface area (Å²) in [5.74, 6) is 1.87. The number of rotatable bonds is 8. The Morgan fingerprint density at radius 1 is 1.03 bits per heavy atom. The van der Waals surface area contributed by atoms with E-state index < -0.39 is 0 Å². The molecule has 1 amide bonds. The van der Waals surface area contributed by atoms with Crippen molar-refractivity contribution in [2.45, 2.75) is 52.2 Å². The lowest BCUT2D eigenvalue weighted by atomic mass is 9.97. The van der Waals surface area contributed by atoms with Crippen LogP contribution in [-0.4, -0.2) is 52.0 Å². The van der Waals surface area contributed by atoms with Gasteiger partial charge in [0.25, 0.3) is 0 Å². The Morgan fingerprint density at radius 3 is 2.65 bits per heavy atom. The summed E-state index contributed by atoms with van der Waals surface area (Å²) in [6.07, 6.45) is 4.47. The van der Waals surface area contributed by atoms with E-state index in [0.717, 1.165) is 43.0 Å². The van der Waals surface area contributed by atoms with Crippen LogP contribution in [0.15, 0.2) is 53.1 Å². The van der Waals surface area contributed by atoms with Crippen molar-refractivity contribution in [3.63, 3.8) is 0 Å². The number of carbonyl (C=O) groups excluding carboxylic acids is 1. The SMILES string of the molecule is CC1CCCN(Cc2cccc(CNC(=O)C3CCCN(Cc4nc(-c5ccccc5Cl)no4)C3)c2)C1. The Bertz CT molecular complexity index is 1200. The van der Waals surface area contributed by atoms with Crippen LogP contribution in [0, 0.1) is 11.8 Å². The molecule has 0 aliphatic carbocycles. The van der Waals surface area contributed by atoms with Gasteiger partial charge < -0.3 is 9.84 Å². The van der Waals surface area contributed by atoms with Gasteiger partial charge in [-0.05, 0) is 68.0 Å². The Balaban J connectivity index is 1.12. The van der Waals surface area contributed by atoms with Gasteiger partial charge in [0.05, 0.1) is 17.5 Å². The van der Waals surface area contributed by atoms with Crippen LogP contribution in [0.1, 0.15) is 49.6 Å². The van der Waals surface area contributed by atoms with E-state index in [-0.39, 0.29) is 11.8 Å². The number of hydrogen-bond acceptors (Lipinski definition) is 6. The largest absolute Gasteiger partial charge is 0.352 e. The number of piperidine rings is 2. The molecule has 0 saturated carbocycles. The number of benzene rings is 2. The molecule has 2 saturated heterocycles. The van der Waals surface area contributed by atoms with Crippen molar-refractivity contribution in [2.24, 2.45) is 11.8 Å². The van der Waals surface area contributed by atoms with Gasteiger partial charge in [-0.25, -0.2) is 0 Å². The summed E-state index contributed by atoms with van der Waals surface area (Å²) in [6, 6.07) is 16.1. The maximum Gasteiger partial charge on any atom is 0.241 e. The molecule has 0 bridgehead atoms. The van der Waals surface area contributed by atoms with Gasteiger partial charge in [-0.1, -0.05) is 60.1 Å². The monoisotopic (exact) mass is 521 g/mol. The van der Waals surface area contributed by atoms with Gasteiger partial charge in [-0.3, -0.25) is 14.6 Å². The predicted molar refractivity (Wildman–Crippen MR) is 145 cm³/mol. The lowest BCUT2D eigenvalue weighted by Crippen LogP contribution is -2.42. The number of carbonyl (C=O) groups is 1. The van der Waals surface area contributed by atoms with Crippen LogP contribution in [0.25, 0.3) is 11.4 Å². The number of halogens is 1. The third kappa shape index (κ3) is 6.98. The molecule has 1 aromatic heterocycles. The summed E-state index contributed by atoms with van der Waals surface area (Å²) >= 11 is 6.27. The minimum Gasteiger partial charge on any atom is -0.352 e. The van der Waals surface area contributed by atoms with Gasteiger partial charge in [0.2, 0.25) is 17.6 Å². The van der Waals surface area contributed by atoms with Crippen LogP contribution >= 0.6 is 11.6 Å². The zero-order valence-corrected chi connectivity index (χ0v) is 22.3. The number of amides is 1. The molecule has 0 radical (unpaired) electrons. The average molecular weight is 522 g/mol. The van der Waals surface area contributed by atoms with Gasteiger partial charge in [-0.2, -0.15) is 4.98 Å². The molecule has 2 atom stereocenters. The molecular formula is C29H36ClN5O2. The fourth-order valence-corrected chi connectivity index (χ4v) is 5.76. The Labute approximate surface area is 224 Å². The lowest BCUT2D eigenvalue weighted by molar-refractivity contribution is -0.127. The molecule has 37 heavy (non-hydrogen) atoms. The van der Waals surface area contributed by atoms with Crippen LogP contribution < -0.4 is 5.32 Å². The molecule has 2 fully saturated rings. The summed E-state index contributed by atoms with van der Waals surface area (Å²) in [5.41, 5.74) is 3.23. The van der Waals surface area contributed by atoms with Crippen LogP contribution in [0.3, 0.4) is 0 Å². The number of aromatic nitrogens is 2. The van der Waals surface area contributed by atoms with Crippen molar-refractivity contribution in [3.05, 3.63) is 70.6 Å². The van der Waals surface area contributed by atoms with E-state index in [2.05, 4.69) is 56.4 Å². The zero-order chi connectivity index (χ0) is 25.6. The minimum atomic E-state index is -0.0438. The second-order valence-corrected chi connectivity index (χ2v) is 11.0. The highest BCUT2D eigenvalue weighted by Gasteiger charge is 2.27. The summed E-state index contributed by atoms with van der Waals surface area (Å²) < 4.78 is 5.48. The maximum absolute atomic E-state index is 13.0. The van der Waals surface area contributed by atoms with E-state index in [9.17, 15) is 4.79 Å². The molecule has 2 aliphatic rings. The lowest BCUT2D eigenvalue weighted by Gasteiger charge is -2.31. The number of likely N-dealkylation sites (tertiary alicyclic amines) is 2. The van der Waals surface area contributed by atoms with E-state index >= 15 is 0 Å². The molecule has 3 aromatic rings. The van der Waals surface area contributed by atoms with Gasteiger partial charge in [0.1, 0.15) is 0 Å². The van der Waals surface area contributed by atoms with Crippen molar-refractivity contribution in [2.75, 3.05) is 26.2 Å². The predicted octanol–water partition coefficient (Wildman–Crippen LogP) is 5.15. The first-order valence-corrected chi connectivity index (χ1v) is 13.8. The first-order valence-electron chi connectivity index (χ1n) is 13.4. The Hall–Kier alpha value is -2.74. The standard InChI is InChI=1S/C29H36ClN5O2/c1-21-7-5-13-34(17-21)18-23-9-4-8-22(15-23)16-31-29(36)24-10-6-14-35(19-24)20-27-32-28(33-37-27)25-11-2-3-12-26(25)30/h2-4,8-9,11-12,15,21,24H,5-7,10,13-14,16-20H2,1H3,(H,31,36). The molecular weight excluding hydrogens is 486 g/mol. The molecule has 0 spiro atoms. The fourth-order valence-electron chi connectivity index (χ4n) is 5.54. The molecule has 196 valence electrons.